The van der Waals surface area contributed by atoms with Crippen LogP contribution in [0.25, 0.3) is 0 Å². The Kier molecular flexibility index (Phi) is 2.67. The Morgan fingerprint density at radius 1 is 1.27 bits per heavy atom. The van der Waals surface area contributed by atoms with Crippen molar-refractivity contribution in [2.45, 2.75) is 37.8 Å². The fourth-order valence-corrected chi connectivity index (χ4v) is 3.57. The maximum Gasteiger partial charge on any atom is 0.0451 e. The van der Waals surface area contributed by atoms with Gasteiger partial charge in [-0.25, -0.2) is 0 Å². The quantitative estimate of drug-likeness (QED) is 0.827. The zero-order valence-electron chi connectivity index (χ0n) is 8.98. The fraction of sp³-hybridized carbons (Fsp3) is 0.667. The summed E-state index contributed by atoms with van der Waals surface area (Å²) in [5.74, 6) is 0. The summed E-state index contributed by atoms with van der Waals surface area (Å²) in [5.41, 5.74) is 1.32. The van der Waals surface area contributed by atoms with Gasteiger partial charge in [0.05, 0.1) is 0 Å². The molecule has 2 saturated heterocycles. The number of hydrogen-bond acceptors (Lipinski definition) is 3. The van der Waals surface area contributed by atoms with Gasteiger partial charge in [0.1, 0.15) is 0 Å². The van der Waals surface area contributed by atoms with Crippen LogP contribution in [0.4, 0.5) is 5.69 Å². The summed E-state index contributed by atoms with van der Waals surface area (Å²) in [7, 11) is 0. The van der Waals surface area contributed by atoms with Gasteiger partial charge in [-0.3, -0.25) is 4.90 Å². The second-order valence-electron chi connectivity index (χ2n) is 4.65. The van der Waals surface area contributed by atoms with E-state index in [9.17, 15) is 0 Å². The highest BCUT2D eigenvalue weighted by molar-refractivity contribution is 7.08. The Balaban J connectivity index is 1.67. The van der Waals surface area contributed by atoms with Crippen LogP contribution in [0.15, 0.2) is 16.8 Å². The van der Waals surface area contributed by atoms with Crippen molar-refractivity contribution >= 4 is 17.0 Å². The van der Waals surface area contributed by atoms with Gasteiger partial charge in [0.15, 0.2) is 0 Å². The van der Waals surface area contributed by atoms with E-state index in [0.717, 1.165) is 6.04 Å². The molecule has 0 amide bonds. The second kappa shape index (κ2) is 4.14. The minimum absolute atomic E-state index is 0.694. The zero-order chi connectivity index (χ0) is 10.1. The van der Waals surface area contributed by atoms with Gasteiger partial charge < -0.3 is 5.32 Å². The molecule has 1 aromatic heterocycles. The summed E-state index contributed by atoms with van der Waals surface area (Å²) in [4.78, 5) is 2.67. The number of rotatable bonds is 2. The fourth-order valence-electron chi connectivity index (χ4n) is 2.98. The number of nitrogens with one attached hydrogen (secondary N) is 1. The molecule has 0 radical (unpaired) electrons. The number of piperidine rings is 1. The van der Waals surface area contributed by atoms with E-state index in [1.165, 1.54) is 44.5 Å². The highest BCUT2D eigenvalue weighted by atomic mass is 32.1. The predicted octanol–water partition coefficient (Wildman–Crippen LogP) is 2.79. The Bertz CT molecular complexity index is 309. The summed E-state index contributed by atoms with van der Waals surface area (Å²) in [6.07, 6.45) is 5.53. The minimum Gasteiger partial charge on any atom is -0.380 e. The SMILES string of the molecule is c1cc(NC2CCN3CCCCC23)cs1. The molecule has 1 N–H and O–H groups in total. The van der Waals surface area contributed by atoms with Gasteiger partial charge in [0, 0.05) is 29.7 Å². The number of hydrogen-bond donors (Lipinski definition) is 1. The van der Waals surface area contributed by atoms with Crippen molar-refractivity contribution in [1.82, 2.24) is 4.90 Å². The molecule has 3 heteroatoms. The molecule has 0 bridgehead atoms. The van der Waals surface area contributed by atoms with Gasteiger partial charge in [-0.2, -0.15) is 11.3 Å². The highest BCUT2D eigenvalue weighted by Gasteiger charge is 2.35. The number of anilines is 1. The van der Waals surface area contributed by atoms with Crippen molar-refractivity contribution in [1.29, 1.82) is 0 Å². The molecule has 3 rings (SSSR count). The van der Waals surface area contributed by atoms with E-state index in [4.69, 9.17) is 0 Å². The van der Waals surface area contributed by atoms with Gasteiger partial charge in [-0.05, 0) is 37.3 Å². The lowest BCUT2D eigenvalue weighted by atomic mass is 9.99. The first-order valence-corrected chi connectivity index (χ1v) is 6.90. The van der Waals surface area contributed by atoms with E-state index in [0.29, 0.717) is 6.04 Å². The molecule has 2 atom stereocenters. The summed E-state index contributed by atoms with van der Waals surface area (Å²) in [6.45, 7) is 2.62. The molecule has 0 spiro atoms. The molecule has 0 aromatic carbocycles. The lowest BCUT2D eigenvalue weighted by Crippen LogP contribution is -2.41. The van der Waals surface area contributed by atoms with Crippen LogP contribution in [0.5, 0.6) is 0 Å². The minimum atomic E-state index is 0.694. The Hall–Kier alpha value is -0.540. The van der Waals surface area contributed by atoms with E-state index in [1.54, 1.807) is 11.3 Å². The average molecular weight is 222 g/mol. The highest BCUT2D eigenvalue weighted by Crippen LogP contribution is 2.29. The lowest BCUT2D eigenvalue weighted by Gasteiger charge is -2.32. The summed E-state index contributed by atoms with van der Waals surface area (Å²) >= 11 is 1.78. The first kappa shape index (κ1) is 9.67. The van der Waals surface area contributed by atoms with Crippen LogP contribution in [0.3, 0.4) is 0 Å². The van der Waals surface area contributed by atoms with Crippen molar-refractivity contribution in [3.05, 3.63) is 16.8 Å². The van der Waals surface area contributed by atoms with Crippen LogP contribution >= 0.6 is 11.3 Å². The van der Waals surface area contributed by atoms with Crippen molar-refractivity contribution in [3.63, 3.8) is 0 Å². The molecule has 2 unspecified atom stereocenters. The second-order valence-corrected chi connectivity index (χ2v) is 5.43. The van der Waals surface area contributed by atoms with Crippen LogP contribution in [0.2, 0.25) is 0 Å². The van der Waals surface area contributed by atoms with Gasteiger partial charge in [0.25, 0.3) is 0 Å². The van der Waals surface area contributed by atoms with E-state index in [2.05, 4.69) is 27.0 Å². The predicted molar refractivity (Wildman–Crippen MR) is 65.6 cm³/mol. The summed E-state index contributed by atoms with van der Waals surface area (Å²) < 4.78 is 0. The largest absolute Gasteiger partial charge is 0.380 e. The molecule has 2 aliphatic rings. The standard InChI is InChI=1S/C12H18N2S/c1-2-6-14-7-4-11(12(14)3-1)13-10-5-8-15-9-10/h5,8-9,11-13H,1-4,6-7H2. The maximum absolute atomic E-state index is 3.69. The maximum atomic E-state index is 3.69. The summed E-state index contributed by atoms with van der Waals surface area (Å²) in [6, 6.07) is 3.69. The topological polar surface area (TPSA) is 15.3 Å². The van der Waals surface area contributed by atoms with E-state index < -0.39 is 0 Å². The van der Waals surface area contributed by atoms with Gasteiger partial charge in [-0.1, -0.05) is 6.42 Å². The first-order chi connectivity index (χ1) is 7.43. The van der Waals surface area contributed by atoms with Gasteiger partial charge in [-0.15, -0.1) is 0 Å². The smallest absolute Gasteiger partial charge is 0.0451 e. The molecular formula is C12H18N2S. The van der Waals surface area contributed by atoms with E-state index in [1.807, 2.05) is 0 Å². The molecule has 2 nitrogen and oxygen atoms in total. The average Bonchev–Trinajstić information content (AvgIpc) is 2.89. The molecule has 15 heavy (non-hydrogen) atoms. The lowest BCUT2D eigenvalue weighted by molar-refractivity contribution is 0.193. The van der Waals surface area contributed by atoms with E-state index >= 15 is 0 Å². The van der Waals surface area contributed by atoms with Crippen molar-refractivity contribution in [2.24, 2.45) is 0 Å². The third-order valence-corrected chi connectivity index (χ3v) is 4.41. The van der Waals surface area contributed by atoms with Gasteiger partial charge in [0.2, 0.25) is 0 Å². The molecular weight excluding hydrogens is 204 g/mol. The Morgan fingerprint density at radius 2 is 2.27 bits per heavy atom. The third kappa shape index (κ3) is 1.91. The van der Waals surface area contributed by atoms with Crippen LogP contribution in [0.1, 0.15) is 25.7 Å². The molecule has 2 fully saturated rings. The Morgan fingerprint density at radius 3 is 3.13 bits per heavy atom. The normalized spacial score (nSPS) is 31.5. The van der Waals surface area contributed by atoms with E-state index in [-0.39, 0.29) is 0 Å². The molecule has 0 saturated carbocycles. The van der Waals surface area contributed by atoms with Crippen LogP contribution in [0, 0.1) is 0 Å². The van der Waals surface area contributed by atoms with Crippen LogP contribution in [-0.2, 0) is 0 Å². The number of fused-ring (bicyclic) bond motifs is 1. The van der Waals surface area contributed by atoms with Crippen molar-refractivity contribution in [3.8, 4) is 0 Å². The summed E-state index contributed by atoms with van der Waals surface area (Å²) in [5, 5.41) is 8.05. The van der Waals surface area contributed by atoms with Crippen LogP contribution < -0.4 is 5.32 Å². The van der Waals surface area contributed by atoms with Crippen LogP contribution in [-0.4, -0.2) is 30.1 Å². The van der Waals surface area contributed by atoms with Crippen molar-refractivity contribution in [2.75, 3.05) is 18.4 Å². The molecule has 0 aliphatic carbocycles. The Labute approximate surface area is 95.3 Å². The number of nitrogens with zero attached hydrogens (tertiary/aromatic N) is 1. The van der Waals surface area contributed by atoms with Gasteiger partial charge >= 0.3 is 0 Å². The zero-order valence-corrected chi connectivity index (χ0v) is 9.80. The monoisotopic (exact) mass is 222 g/mol. The molecule has 1 aromatic rings. The van der Waals surface area contributed by atoms with Crippen molar-refractivity contribution < 1.29 is 0 Å². The molecule has 3 heterocycles. The third-order valence-electron chi connectivity index (χ3n) is 3.73. The first-order valence-electron chi connectivity index (χ1n) is 5.96. The molecule has 82 valence electrons. The number of thiophene rings is 1. The molecule has 2 aliphatic heterocycles.